The fraction of sp³-hybridized carbons (Fsp3) is 0.278. The van der Waals surface area contributed by atoms with Gasteiger partial charge in [0.05, 0.1) is 11.6 Å². The van der Waals surface area contributed by atoms with Crippen LogP contribution in [0.25, 0.3) is 5.95 Å². The Morgan fingerprint density at radius 1 is 1.27 bits per heavy atom. The molecule has 8 heteroatoms. The summed E-state index contributed by atoms with van der Waals surface area (Å²) < 4.78 is 1.49. The topological polar surface area (TPSA) is 89.8 Å². The number of rotatable bonds is 3. The van der Waals surface area contributed by atoms with Crippen molar-refractivity contribution < 1.29 is 9.59 Å². The lowest BCUT2D eigenvalue weighted by Gasteiger charge is -2.22. The summed E-state index contributed by atoms with van der Waals surface area (Å²) in [5.74, 6) is 0.0294. The van der Waals surface area contributed by atoms with Crippen LogP contribution in [-0.4, -0.2) is 31.4 Å². The van der Waals surface area contributed by atoms with Crippen molar-refractivity contribution in [3.05, 3.63) is 51.1 Å². The van der Waals surface area contributed by atoms with Gasteiger partial charge in [-0.15, -0.1) is 11.3 Å². The van der Waals surface area contributed by atoms with E-state index in [2.05, 4.69) is 20.4 Å². The van der Waals surface area contributed by atoms with E-state index in [0.29, 0.717) is 23.0 Å². The lowest BCUT2D eigenvalue weighted by molar-refractivity contribution is -0.116. The van der Waals surface area contributed by atoms with Gasteiger partial charge in [0.2, 0.25) is 5.91 Å². The Morgan fingerprint density at radius 2 is 2.00 bits per heavy atom. The van der Waals surface area contributed by atoms with E-state index < -0.39 is 5.92 Å². The summed E-state index contributed by atoms with van der Waals surface area (Å²) in [6.45, 7) is 5.74. The van der Waals surface area contributed by atoms with Gasteiger partial charge in [-0.3, -0.25) is 9.59 Å². The third-order valence-corrected chi connectivity index (χ3v) is 5.43. The molecule has 0 bridgehead atoms. The van der Waals surface area contributed by atoms with Gasteiger partial charge in [-0.25, -0.2) is 9.97 Å². The molecule has 3 aromatic heterocycles. The first-order chi connectivity index (χ1) is 12.5. The fourth-order valence-electron chi connectivity index (χ4n) is 3.38. The predicted molar refractivity (Wildman–Crippen MR) is 98.0 cm³/mol. The Labute approximate surface area is 154 Å². The summed E-state index contributed by atoms with van der Waals surface area (Å²) in [4.78, 5) is 36.0. The SMILES string of the molecule is Cc1cc(C(=O)[C@H]2CC(=O)Nc3c2c(C)nn3-c2ncccn2)c(C)s1. The van der Waals surface area contributed by atoms with E-state index in [-0.39, 0.29) is 18.1 Å². The number of Topliss-reactive ketones (excluding diaryl/α,β-unsaturated/α-hetero) is 1. The molecule has 132 valence electrons. The number of fused-ring (bicyclic) bond motifs is 1. The van der Waals surface area contributed by atoms with Crippen molar-refractivity contribution in [1.82, 2.24) is 19.7 Å². The molecule has 1 atom stereocenters. The number of hydrogen-bond donors (Lipinski definition) is 1. The molecule has 4 heterocycles. The maximum atomic E-state index is 13.2. The highest BCUT2D eigenvalue weighted by atomic mass is 32.1. The van der Waals surface area contributed by atoms with Crippen molar-refractivity contribution in [2.75, 3.05) is 5.32 Å². The van der Waals surface area contributed by atoms with Crippen LogP contribution in [0.5, 0.6) is 0 Å². The van der Waals surface area contributed by atoms with Gasteiger partial charge in [0, 0.05) is 39.7 Å². The first-order valence-corrected chi connectivity index (χ1v) is 9.05. The molecule has 0 saturated heterocycles. The molecule has 4 rings (SSSR count). The molecule has 0 unspecified atom stereocenters. The molecular formula is C18H17N5O2S. The molecule has 0 radical (unpaired) electrons. The van der Waals surface area contributed by atoms with Gasteiger partial charge < -0.3 is 5.32 Å². The Balaban J connectivity index is 1.84. The number of nitrogens with one attached hydrogen (secondary N) is 1. The summed E-state index contributed by atoms with van der Waals surface area (Å²) in [6, 6.07) is 3.60. The molecule has 3 aromatic rings. The number of thiophene rings is 1. The predicted octanol–water partition coefficient (Wildman–Crippen LogP) is 2.96. The molecule has 0 aromatic carbocycles. The third kappa shape index (κ3) is 2.62. The van der Waals surface area contributed by atoms with Crippen LogP contribution in [0.1, 0.15) is 43.7 Å². The van der Waals surface area contributed by atoms with Gasteiger partial charge in [-0.05, 0) is 32.9 Å². The van der Waals surface area contributed by atoms with Gasteiger partial charge in [0.25, 0.3) is 5.95 Å². The average Bonchev–Trinajstić information content (AvgIpc) is 3.13. The molecular weight excluding hydrogens is 350 g/mol. The average molecular weight is 367 g/mol. The zero-order valence-corrected chi connectivity index (χ0v) is 15.4. The van der Waals surface area contributed by atoms with E-state index >= 15 is 0 Å². The minimum atomic E-state index is -0.552. The smallest absolute Gasteiger partial charge is 0.252 e. The van der Waals surface area contributed by atoms with Crippen LogP contribution < -0.4 is 5.32 Å². The zero-order chi connectivity index (χ0) is 18.4. The van der Waals surface area contributed by atoms with Gasteiger partial charge in [-0.1, -0.05) is 0 Å². The van der Waals surface area contributed by atoms with Gasteiger partial charge in [-0.2, -0.15) is 9.78 Å². The Hall–Kier alpha value is -2.87. The molecule has 1 amide bonds. The highest BCUT2D eigenvalue weighted by molar-refractivity contribution is 7.12. The second kappa shape index (κ2) is 6.14. The number of ketones is 1. The number of amides is 1. The summed E-state index contributed by atoms with van der Waals surface area (Å²) in [5.41, 5.74) is 2.11. The minimum Gasteiger partial charge on any atom is -0.310 e. The van der Waals surface area contributed by atoms with Crippen LogP contribution in [0.4, 0.5) is 5.82 Å². The zero-order valence-electron chi connectivity index (χ0n) is 14.6. The van der Waals surface area contributed by atoms with Gasteiger partial charge in [0.1, 0.15) is 5.82 Å². The van der Waals surface area contributed by atoms with Gasteiger partial charge in [0.15, 0.2) is 5.78 Å². The minimum absolute atomic E-state index is 0.0421. The van der Waals surface area contributed by atoms with Crippen LogP contribution in [-0.2, 0) is 4.79 Å². The van der Waals surface area contributed by atoms with E-state index in [0.717, 1.165) is 15.3 Å². The van der Waals surface area contributed by atoms with E-state index in [1.54, 1.807) is 29.8 Å². The maximum absolute atomic E-state index is 13.2. The molecule has 26 heavy (non-hydrogen) atoms. The maximum Gasteiger partial charge on any atom is 0.252 e. The van der Waals surface area contributed by atoms with E-state index in [1.807, 2.05) is 26.8 Å². The molecule has 1 aliphatic heterocycles. The van der Waals surface area contributed by atoms with Crippen LogP contribution in [0.15, 0.2) is 24.5 Å². The fourth-order valence-corrected chi connectivity index (χ4v) is 4.31. The second-order valence-corrected chi connectivity index (χ2v) is 7.76. The quantitative estimate of drug-likeness (QED) is 0.719. The molecule has 1 aliphatic rings. The van der Waals surface area contributed by atoms with Crippen molar-refractivity contribution in [2.45, 2.75) is 33.1 Å². The van der Waals surface area contributed by atoms with Gasteiger partial charge >= 0.3 is 0 Å². The number of carbonyl (C=O) groups excluding carboxylic acids is 2. The number of hydrogen-bond acceptors (Lipinski definition) is 6. The number of anilines is 1. The monoisotopic (exact) mass is 367 g/mol. The van der Waals surface area contributed by atoms with Crippen molar-refractivity contribution >= 4 is 28.8 Å². The number of aryl methyl sites for hydroxylation is 3. The lowest BCUT2D eigenvalue weighted by atomic mass is 9.85. The molecule has 0 fully saturated rings. The number of carbonyl (C=O) groups is 2. The second-order valence-electron chi connectivity index (χ2n) is 6.30. The standard InChI is InChI=1S/C18H17N5O2S/c1-9-7-12(11(3)26-9)16(25)13-8-14(24)21-17-15(13)10(2)22-23(17)18-19-5-4-6-20-18/h4-7,13H,8H2,1-3H3,(H,21,24)/t13-/m0/s1. The first-order valence-electron chi connectivity index (χ1n) is 8.23. The highest BCUT2D eigenvalue weighted by Gasteiger charge is 2.37. The summed E-state index contributed by atoms with van der Waals surface area (Å²) in [6.07, 6.45) is 3.33. The molecule has 0 aliphatic carbocycles. The van der Waals surface area contributed by atoms with Crippen LogP contribution in [0.3, 0.4) is 0 Å². The van der Waals surface area contributed by atoms with E-state index in [9.17, 15) is 9.59 Å². The molecule has 7 nitrogen and oxygen atoms in total. The molecule has 0 spiro atoms. The lowest BCUT2D eigenvalue weighted by Crippen LogP contribution is -2.28. The summed E-state index contributed by atoms with van der Waals surface area (Å²) in [7, 11) is 0. The van der Waals surface area contributed by atoms with Crippen LogP contribution in [0.2, 0.25) is 0 Å². The van der Waals surface area contributed by atoms with E-state index in [4.69, 9.17) is 0 Å². The van der Waals surface area contributed by atoms with Crippen molar-refractivity contribution in [2.24, 2.45) is 0 Å². The Morgan fingerprint density at radius 3 is 2.65 bits per heavy atom. The van der Waals surface area contributed by atoms with Crippen molar-refractivity contribution in [1.29, 1.82) is 0 Å². The van der Waals surface area contributed by atoms with E-state index in [1.165, 1.54) is 4.68 Å². The molecule has 1 N–H and O–H groups in total. The van der Waals surface area contributed by atoms with Crippen LogP contribution >= 0.6 is 11.3 Å². The largest absolute Gasteiger partial charge is 0.310 e. The Bertz CT molecular complexity index is 1020. The number of aromatic nitrogens is 4. The third-order valence-electron chi connectivity index (χ3n) is 4.47. The summed E-state index contributed by atoms with van der Waals surface area (Å²) >= 11 is 1.59. The highest BCUT2D eigenvalue weighted by Crippen LogP contribution is 2.39. The number of nitrogens with zero attached hydrogens (tertiary/aromatic N) is 4. The molecule has 0 saturated carbocycles. The van der Waals surface area contributed by atoms with Crippen molar-refractivity contribution in [3.8, 4) is 5.95 Å². The summed E-state index contributed by atoms with van der Waals surface area (Å²) in [5, 5.41) is 7.31. The first kappa shape index (κ1) is 16.6. The normalized spacial score (nSPS) is 16.3. The van der Waals surface area contributed by atoms with Crippen LogP contribution in [0, 0.1) is 20.8 Å². The van der Waals surface area contributed by atoms with Crippen molar-refractivity contribution in [3.63, 3.8) is 0 Å². The Kier molecular flexibility index (Phi) is 3.91.